The molecule has 0 unspecified atom stereocenters. The number of Topliss-reactive ketones (excluding diaryl/α,β-unsaturated/α-hetero) is 1. The summed E-state index contributed by atoms with van der Waals surface area (Å²) in [4.78, 5) is 24.9. The monoisotopic (exact) mass is 314 g/mol. The van der Waals surface area contributed by atoms with Crippen LogP contribution in [0.1, 0.15) is 21.5 Å². The highest BCUT2D eigenvalue weighted by molar-refractivity contribution is 7.13. The van der Waals surface area contributed by atoms with Crippen molar-refractivity contribution in [3.8, 4) is 10.8 Å². The van der Waals surface area contributed by atoms with Crippen molar-refractivity contribution in [1.82, 2.24) is 9.78 Å². The van der Waals surface area contributed by atoms with Crippen LogP contribution >= 0.6 is 11.3 Å². The van der Waals surface area contributed by atoms with Gasteiger partial charge < -0.3 is 4.42 Å². The Kier molecular flexibility index (Phi) is 3.77. The van der Waals surface area contributed by atoms with Gasteiger partial charge in [-0.05, 0) is 42.5 Å². The first-order valence-corrected chi connectivity index (χ1v) is 7.65. The molecule has 22 heavy (non-hydrogen) atoms. The minimum absolute atomic E-state index is 0.129. The topological polar surface area (TPSA) is 65.1 Å². The van der Waals surface area contributed by atoms with E-state index in [1.807, 2.05) is 43.5 Å². The smallest absolute Gasteiger partial charge is 0.387 e. The molecule has 3 rings (SSSR count). The molecule has 0 radical (unpaired) electrons. The Hall–Kier alpha value is -2.47. The molecule has 5 nitrogen and oxygen atoms in total. The molecule has 0 fully saturated rings. The average molecular weight is 314 g/mol. The number of carbonyl (C=O) groups excluding carboxylic acids is 1. The van der Waals surface area contributed by atoms with E-state index in [1.165, 1.54) is 11.3 Å². The van der Waals surface area contributed by atoms with Gasteiger partial charge in [0.2, 0.25) is 0 Å². The van der Waals surface area contributed by atoms with Gasteiger partial charge in [0, 0.05) is 5.56 Å². The number of hydrogen-bond donors (Lipinski definition) is 0. The van der Waals surface area contributed by atoms with Crippen molar-refractivity contribution in [3.05, 3.63) is 63.0 Å². The largest absolute Gasteiger partial charge is 0.437 e. The van der Waals surface area contributed by atoms with Gasteiger partial charge in [0.1, 0.15) is 6.54 Å². The minimum Gasteiger partial charge on any atom is -0.387 e. The predicted octanol–water partition coefficient (Wildman–Crippen LogP) is 3.06. The van der Waals surface area contributed by atoms with E-state index in [4.69, 9.17) is 4.42 Å². The molecule has 0 atom stereocenters. The van der Waals surface area contributed by atoms with Gasteiger partial charge >= 0.3 is 5.76 Å². The number of aryl methyl sites for hydroxylation is 2. The lowest BCUT2D eigenvalue weighted by Crippen LogP contribution is -2.21. The third-order valence-corrected chi connectivity index (χ3v) is 4.32. The van der Waals surface area contributed by atoms with Crippen molar-refractivity contribution in [3.63, 3.8) is 0 Å². The molecule has 2 aromatic heterocycles. The van der Waals surface area contributed by atoms with Crippen molar-refractivity contribution in [2.24, 2.45) is 0 Å². The van der Waals surface area contributed by atoms with E-state index in [0.717, 1.165) is 20.7 Å². The molecule has 0 aliphatic carbocycles. The third-order valence-electron chi connectivity index (χ3n) is 3.46. The summed E-state index contributed by atoms with van der Waals surface area (Å²) in [7, 11) is 0. The summed E-state index contributed by atoms with van der Waals surface area (Å²) < 4.78 is 6.16. The Labute approximate surface area is 130 Å². The number of ketones is 1. The van der Waals surface area contributed by atoms with Gasteiger partial charge in [0.05, 0.1) is 4.88 Å². The summed E-state index contributed by atoms with van der Waals surface area (Å²) in [5, 5.41) is 5.95. The molecule has 1 aromatic carbocycles. The van der Waals surface area contributed by atoms with E-state index >= 15 is 0 Å². The molecule has 0 saturated carbocycles. The Balaban J connectivity index is 1.85. The highest BCUT2D eigenvalue weighted by Crippen LogP contribution is 2.21. The summed E-state index contributed by atoms with van der Waals surface area (Å²) in [5.74, 6) is -0.551. The molecule has 0 aliphatic rings. The lowest BCUT2D eigenvalue weighted by molar-refractivity contribution is 0.0965. The summed E-state index contributed by atoms with van der Waals surface area (Å²) in [6.45, 7) is 3.80. The van der Waals surface area contributed by atoms with Crippen molar-refractivity contribution in [2.45, 2.75) is 20.4 Å². The lowest BCUT2D eigenvalue weighted by Gasteiger charge is -2.03. The average Bonchev–Trinajstić information content (AvgIpc) is 3.12. The standard InChI is InChI=1S/C16H14N2O3S/c1-10-5-6-12(8-11(10)2)13(19)9-18-16(20)21-15(17-18)14-4-3-7-22-14/h3-8H,9H2,1-2H3. The molecule has 2 heterocycles. The number of hydrogen-bond acceptors (Lipinski definition) is 5. The Morgan fingerprint density at radius 2 is 2.09 bits per heavy atom. The maximum Gasteiger partial charge on any atom is 0.437 e. The van der Waals surface area contributed by atoms with Crippen LogP contribution in [0.15, 0.2) is 44.9 Å². The van der Waals surface area contributed by atoms with Crippen LogP contribution in [0.25, 0.3) is 10.8 Å². The molecule has 0 spiro atoms. The summed E-state index contributed by atoms with van der Waals surface area (Å²) >= 11 is 1.42. The highest BCUT2D eigenvalue weighted by atomic mass is 32.1. The zero-order valence-corrected chi connectivity index (χ0v) is 13.0. The number of carbonyl (C=O) groups is 1. The number of benzene rings is 1. The fourth-order valence-corrected chi connectivity index (χ4v) is 2.69. The van der Waals surface area contributed by atoms with Crippen LogP contribution in [-0.4, -0.2) is 15.6 Å². The SMILES string of the molecule is Cc1ccc(C(=O)Cn2nc(-c3cccs3)oc2=O)cc1C. The van der Waals surface area contributed by atoms with E-state index in [2.05, 4.69) is 5.10 Å². The maximum atomic E-state index is 12.3. The first kappa shape index (κ1) is 14.5. The molecule has 3 aromatic rings. The van der Waals surface area contributed by atoms with Crippen LogP contribution in [0.5, 0.6) is 0 Å². The van der Waals surface area contributed by atoms with E-state index in [0.29, 0.717) is 5.56 Å². The zero-order valence-electron chi connectivity index (χ0n) is 12.2. The van der Waals surface area contributed by atoms with E-state index < -0.39 is 5.76 Å². The first-order chi connectivity index (χ1) is 10.5. The Bertz CT molecular complexity index is 875. The second-order valence-electron chi connectivity index (χ2n) is 5.03. The minimum atomic E-state index is -0.624. The quantitative estimate of drug-likeness (QED) is 0.694. The molecular weight excluding hydrogens is 300 g/mol. The lowest BCUT2D eigenvalue weighted by atomic mass is 10.0. The van der Waals surface area contributed by atoms with E-state index in [1.54, 1.807) is 6.07 Å². The second kappa shape index (κ2) is 5.73. The summed E-state index contributed by atoms with van der Waals surface area (Å²) in [5.41, 5.74) is 2.73. The second-order valence-corrected chi connectivity index (χ2v) is 5.98. The molecular formula is C16H14N2O3S. The predicted molar refractivity (Wildman–Crippen MR) is 84.3 cm³/mol. The fourth-order valence-electron chi connectivity index (χ4n) is 2.05. The van der Waals surface area contributed by atoms with Crippen LogP contribution in [0, 0.1) is 13.8 Å². The van der Waals surface area contributed by atoms with Crippen LogP contribution in [0.2, 0.25) is 0 Å². The fraction of sp³-hybridized carbons (Fsp3) is 0.188. The maximum absolute atomic E-state index is 12.3. The molecule has 6 heteroatoms. The van der Waals surface area contributed by atoms with E-state index in [9.17, 15) is 9.59 Å². The molecule has 0 N–H and O–H groups in total. The van der Waals surface area contributed by atoms with Gasteiger partial charge in [-0.25, -0.2) is 4.79 Å². The number of nitrogens with zero attached hydrogens (tertiary/aromatic N) is 2. The Morgan fingerprint density at radius 1 is 1.27 bits per heavy atom. The van der Waals surface area contributed by atoms with Gasteiger partial charge in [-0.15, -0.1) is 16.4 Å². The number of aromatic nitrogens is 2. The summed E-state index contributed by atoms with van der Waals surface area (Å²) in [6.07, 6.45) is 0. The highest BCUT2D eigenvalue weighted by Gasteiger charge is 2.15. The first-order valence-electron chi connectivity index (χ1n) is 6.77. The number of rotatable bonds is 4. The van der Waals surface area contributed by atoms with Gasteiger partial charge in [-0.1, -0.05) is 18.2 Å². The van der Waals surface area contributed by atoms with E-state index in [-0.39, 0.29) is 18.2 Å². The van der Waals surface area contributed by atoms with Gasteiger partial charge in [0.25, 0.3) is 5.89 Å². The van der Waals surface area contributed by atoms with Crippen LogP contribution in [0.4, 0.5) is 0 Å². The van der Waals surface area contributed by atoms with Crippen molar-refractivity contribution >= 4 is 17.1 Å². The van der Waals surface area contributed by atoms with Crippen LogP contribution in [0.3, 0.4) is 0 Å². The summed E-state index contributed by atoms with van der Waals surface area (Å²) in [6, 6.07) is 9.13. The van der Waals surface area contributed by atoms with Crippen molar-refractivity contribution < 1.29 is 9.21 Å². The number of thiophene rings is 1. The van der Waals surface area contributed by atoms with Crippen molar-refractivity contribution in [2.75, 3.05) is 0 Å². The molecule has 112 valence electrons. The zero-order chi connectivity index (χ0) is 15.7. The normalized spacial score (nSPS) is 10.8. The molecule has 0 aliphatic heterocycles. The van der Waals surface area contributed by atoms with Crippen LogP contribution < -0.4 is 5.76 Å². The molecule has 0 saturated heterocycles. The van der Waals surface area contributed by atoms with Gasteiger partial charge in [-0.2, -0.15) is 4.68 Å². The van der Waals surface area contributed by atoms with Gasteiger partial charge in [0.15, 0.2) is 5.78 Å². The van der Waals surface area contributed by atoms with Crippen LogP contribution in [-0.2, 0) is 6.54 Å². The Morgan fingerprint density at radius 3 is 2.77 bits per heavy atom. The third kappa shape index (κ3) is 2.78. The van der Waals surface area contributed by atoms with Gasteiger partial charge in [-0.3, -0.25) is 4.79 Å². The van der Waals surface area contributed by atoms with Crippen molar-refractivity contribution in [1.29, 1.82) is 0 Å². The molecule has 0 amide bonds. The molecule has 0 bridgehead atoms.